The van der Waals surface area contributed by atoms with E-state index in [1.54, 1.807) is 7.11 Å². The van der Waals surface area contributed by atoms with Gasteiger partial charge >= 0.3 is 0 Å². The molecule has 1 unspecified atom stereocenters. The first-order valence-electron chi connectivity index (χ1n) is 6.24. The second-order valence-corrected chi connectivity index (χ2v) is 5.32. The van der Waals surface area contributed by atoms with E-state index in [1.807, 2.05) is 0 Å². The third kappa shape index (κ3) is 4.49. The van der Waals surface area contributed by atoms with Gasteiger partial charge in [-0.3, -0.25) is 0 Å². The van der Waals surface area contributed by atoms with Gasteiger partial charge in [0.15, 0.2) is 0 Å². The Labute approximate surface area is 93.0 Å². The summed E-state index contributed by atoms with van der Waals surface area (Å²) in [6, 6.07) is 0.187. The average molecular weight is 212 g/mol. The summed E-state index contributed by atoms with van der Waals surface area (Å²) in [6.45, 7) is 4.24. The minimum Gasteiger partial charge on any atom is -0.383 e. The number of nitrogens with two attached hydrogens (primary N) is 1. The van der Waals surface area contributed by atoms with Crippen LogP contribution < -0.4 is 5.73 Å². The Morgan fingerprint density at radius 3 is 2.13 bits per heavy atom. The number of hydrogen-bond donors (Lipinski definition) is 1. The van der Waals surface area contributed by atoms with Crippen molar-refractivity contribution >= 4 is 0 Å². The zero-order valence-corrected chi connectivity index (χ0v) is 9.82. The van der Waals surface area contributed by atoms with Gasteiger partial charge in [-0.25, -0.2) is 0 Å². The van der Waals surface area contributed by atoms with Gasteiger partial charge < -0.3 is 15.4 Å². The van der Waals surface area contributed by atoms with Crippen molar-refractivity contribution < 1.29 is 4.74 Å². The summed E-state index contributed by atoms with van der Waals surface area (Å²) in [5, 5.41) is 0. The Morgan fingerprint density at radius 2 is 1.73 bits per heavy atom. The lowest BCUT2D eigenvalue weighted by Crippen LogP contribution is -2.42. The van der Waals surface area contributed by atoms with E-state index in [2.05, 4.69) is 4.90 Å². The molecule has 0 spiro atoms. The SMILES string of the molecule is COCC(N)CN(CC1CC1)CC1CC1. The van der Waals surface area contributed by atoms with Gasteiger partial charge in [0.25, 0.3) is 0 Å². The molecule has 0 heterocycles. The molecule has 2 fully saturated rings. The molecule has 0 aromatic rings. The van der Waals surface area contributed by atoms with Gasteiger partial charge in [0, 0.05) is 32.8 Å². The molecular weight excluding hydrogens is 188 g/mol. The van der Waals surface area contributed by atoms with Crippen LogP contribution in [-0.2, 0) is 4.74 Å². The van der Waals surface area contributed by atoms with Crippen LogP contribution >= 0.6 is 0 Å². The van der Waals surface area contributed by atoms with Gasteiger partial charge in [-0.1, -0.05) is 0 Å². The molecule has 3 heteroatoms. The number of rotatable bonds is 8. The van der Waals surface area contributed by atoms with E-state index in [1.165, 1.54) is 38.8 Å². The monoisotopic (exact) mass is 212 g/mol. The maximum absolute atomic E-state index is 6.01. The molecule has 2 aliphatic rings. The molecule has 0 radical (unpaired) electrons. The predicted octanol–water partition coefficient (Wildman–Crippen LogP) is 1.08. The molecule has 0 saturated heterocycles. The quantitative estimate of drug-likeness (QED) is 0.654. The molecule has 0 aliphatic heterocycles. The van der Waals surface area contributed by atoms with Gasteiger partial charge in [0.2, 0.25) is 0 Å². The second-order valence-electron chi connectivity index (χ2n) is 5.32. The zero-order valence-electron chi connectivity index (χ0n) is 9.82. The van der Waals surface area contributed by atoms with E-state index < -0.39 is 0 Å². The maximum Gasteiger partial charge on any atom is 0.0626 e. The summed E-state index contributed by atoms with van der Waals surface area (Å²) in [4.78, 5) is 2.57. The molecule has 2 rings (SSSR count). The Hall–Kier alpha value is -0.120. The summed E-state index contributed by atoms with van der Waals surface area (Å²) >= 11 is 0. The van der Waals surface area contributed by atoms with Crippen LogP contribution in [0.3, 0.4) is 0 Å². The van der Waals surface area contributed by atoms with Crippen LogP contribution in [0.1, 0.15) is 25.7 Å². The van der Waals surface area contributed by atoms with Gasteiger partial charge in [0.05, 0.1) is 6.61 Å². The molecule has 1 atom stereocenters. The third-order valence-corrected chi connectivity index (χ3v) is 3.30. The van der Waals surface area contributed by atoms with E-state index in [0.717, 1.165) is 18.4 Å². The van der Waals surface area contributed by atoms with Crippen LogP contribution in [0.25, 0.3) is 0 Å². The van der Waals surface area contributed by atoms with E-state index >= 15 is 0 Å². The topological polar surface area (TPSA) is 38.5 Å². The molecule has 0 amide bonds. The Morgan fingerprint density at radius 1 is 1.20 bits per heavy atom. The van der Waals surface area contributed by atoms with Crippen molar-refractivity contribution in [1.29, 1.82) is 0 Å². The average Bonchev–Trinajstić information content (AvgIpc) is 2.99. The molecule has 2 aliphatic carbocycles. The van der Waals surface area contributed by atoms with Crippen molar-refractivity contribution in [2.45, 2.75) is 31.7 Å². The smallest absolute Gasteiger partial charge is 0.0626 e. The summed E-state index contributed by atoms with van der Waals surface area (Å²) in [5.74, 6) is 1.94. The predicted molar refractivity (Wildman–Crippen MR) is 61.7 cm³/mol. The molecule has 2 saturated carbocycles. The number of methoxy groups -OCH3 is 1. The van der Waals surface area contributed by atoms with Crippen molar-refractivity contribution in [2.75, 3.05) is 33.4 Å². The van der Waals surface area contributed by atoms with E-state index in [0.29, 0.717) is 6.61 Å². The lowest BCUT2D eigenvalue weighted by atomic mass is 10.2. The highest BCUT2D eigenvalue weighted by Gasteiger charge is 2.29. The van der Waals surface area contributed by atoms with Crippen LogP contribution in [0.15, 0.2) is 0 Å². The van der Waals surface area contributed by atoms with Crippen molar-refractivity contribution in [2.24, 2.45) is 17.6 Å². The van der Waals surface area contributed by atoms with Crippen molar-refractivity contribution in [1.82, 2.24) is 4.90 Å². The van der Waals surface area contributed by atoms with Crippen molar-refractivity contribution in [3.63, 3.8) is 0 Å². The minimum absolute atomic E-state index is 0.187. The summed E-state index contributed by atoms with van der Waals surface area (Å²) in [5.41, 5.74) is 6.01. The molecule has 3 nitrogen and oxygen atoms in total. The van der Waals surface area contributed by atoms with Gasteiger partial charge in [-0.2, -0.15) is 0 Å². The highest BCUT2D eigenvalue weighted by atomic mass is 16.5. The van der Waals surface area contributed by atoms with Crippen LogP contribution in [-0.4, -0.2) is 44.3 Å². The van der Waals surface area contributed by atoms with Crippen LogP contribution in [0.2, 0.25) is 0 Å². The van der Waals surface area contributed by atoms with Crippen molar-refractivity contribution in [3.8, 4) is 0 Å². The first-order chi connectivity index (χ1) is 7.28. The molecular formula is C12H24N2O. The lowest BCUT2D eigenvalue weighted by Gasteiger charge is -2.25. The standard InChI is InChI=1S/C12H24N2O/c1-15-9-12(13)8-14(6-10-2-3-10)7-11-4-5-11/h10-12H,2-9,13H2,1H3. The largest absolute Gasteiger partial charge is 0.383 e. The number of ether oxygens (including phenoxy) is 1. The van der Waals surface area contributed by atoms with Gasteiger partial charge in [0.1, 0.15) is 0 Å². The molecule has 0 bridgehead atoms. The maximum atomic E-state index is 6.01. The minimum atomic E-state index is 0.187. The third-order valence-electron chi connectivity index (χ3n) is 3.30. The summed E-state index contributed by atoms with van der Waals surface area (Å²) in [6.07, 6.45) is 5.72. The van der Waals surface area contributed by atoms with Crippen LogP contribution in [0.4, 0.5) is 0 Å². The molecule has 88 valence electrons. The fourth-order valence-corrected chi connectivity index (χ4v) is 2.15. The Kier molecular flexibility index (Phi) is 4.00. The summed E-state index contributed by atoms with van der Waals surface area (Å²) in [7, 11) is 1.73. The normalized spacial score (nSPS) is 23.4. The molecule has 15 heavy (non-hydrogen) atoms. The van der Waals surface area contributed by atoms with E-state index in [9.17, 15) is 0 Å². The molecule has 0 aromatic heterocycles. The number of nitrogens with zero attached hydrogens (tertiary/aromatic N) is 1. The lowest BCUT2D eigenvalue weighted by molar-refractivity contribution is 0.149. The van der Waals surface area contributed by atoms with Crippen molar-refractivity contribution in [3.05, 3.63) is 0 Å². The molecule has 0 aromatic carbocycles. The first kappa shape index (κ1) is 11.4. The Bertz CT molecular complexity index is 176. The second kappa shape index (κ2) is 5.28. The van der Waals surface area contributed by atoms with Gasteiger partial charge in [-0.05, 0) is 37.5 Å². The fraction of sp³-hybridized carbons (Fsp3) is 1.00. The van der Waals surface area contributed by atoms with E-state index in [-0.39, 0.29) is 6.04 Å². The highest BCUT2D eigenvalue weighted by molar-refractivity contribution is 4.83. The van der Waals surface area contributed by atoms with Crippen LogP contribution in [0, 0.1) is 11.8 Å². The fourth-order valence-electron chi connectivity index (χ4n) is 2.15. The summed E-state index contributed by atoms with van der Waals surface area (Å²) < 4.78 is 5.09. The first-order valence-corrected chi connectivity index (χ1v) is 6.24. The van der Waals surface area contributed by atoms with Gasteiger partial charge in [-0.15, -0.1) is 0 Å². The molecule has 2 N–H and O–H groups in total. The van der Waals surface area contributed by atoms with E-state index in [4.69, 9.17) is 10.5 Å². The zero-order chi connectivity index (χ0) is 10.7. The Balaban J connectivity index is 1.69. The van der Waals surface area contributed by atoms with Crippen LogP contribution in [0.5, 0.6) is 0 Å². The number of hydrogen-bond acceptors (Lipinski definition) is 3. The highest BCUT2D eigenvalue weighted by Crippen LogP contribution is 2.33.